The van der Waals surface area contributed by atoms with Crippen LogP contribution in [-0.4, -0.2) is 30.9 Å². The van der Waals surface area contributed by atoms with Crippen LogP contribution in [-0.2, 0) is 13.1 Å². The molecule has 0 N–H and O–H groups in total. The number of aromatic nitrogens is 4. The van der Waals surface area contributed by atoms with Gasteiger partial charge in [0, 0.05) is 53.8 Å². The standard InChI is InChI=1S/C42H43N5O2/c1-26-34-22-33(42(34,4)5)23-39(26)47(24-37-27(2)48-40(45-37)31-16-12-29(13-17-31)35-10-6-8-20-43-35)25-38-28(3)49-41(46-38)32-18-14-30(15-19-32)36-11-7-9-21-44-36/h6-21,26,33-34,39H,22-25H2,1-5H3/t26-,33+,34-,39?/m1/s1. The molecule has 7 heteroatoms. The Morgan fingerprint density at radius 3 is 1.53 bits per heavy atom. The molecule has 6 aromatic rings. The van der Waals surface area contributed by atoms with E-state index in [1.165, 1.54) is 12.8 Å². The summed E-state index contributed by atoms with van der Waals surface area (Å²) < 4.78 is 12.6. The number of hydrogen-bond donors (Lipinski definition) is 0. The van der Waals surface area contributed by atoms with E-state index in [2.05, 4.69) is 84.2 Å². The van der Waals surface area contributed by atoms with Gasteiger partial charge in [0.2, 0.25) is 11.8 Å². The second-order valence-corrected chi connectivity index (χ2v) is 14.6. The van der Waals surface area contributed by atoms with Crippen molar-refractivity contribution in [3.05, 3.63) is 120 Å². The van der Waals surface area contributed by atoms with Crippen LogP contribution >= 0.6 is 0 Å². The van der Waals surface area contributed by atoms with Crippen molar-refractivity contribution in [3.8, 4) is 45.4 Å². The molecule has 0 aliphatic heterocycles. The highest BCUT2D eigenvalue weighted by Crippen LogP contribution is 2.62. The summed E-state index contributed by atoms with van der Waals surface area (Å²) >= 11 is 0. The van der Waals surface area contributed by atoms with Crippen molar-refractivity contribution in [2.45, 2.75) is 66.6 Å². The van der Waals surface area contributed by atoms with Crippen LogP contribution in [0.5, 0.6) is 0 Å². The highest BCUT2D eigenvalue weighted by molar-refractivity contribution is 5.65. The first kappa shape index (κ1) is 31.4. The Bertz CT molecular complexity index is 1920. The third-order valence-corrected chi connectivity index (χ3v) is 11.5. The first-order chi connectivity index (χ1) is 23.7. The van der Waals surface area contributed by atoms with Gasteiger partial charge in [0.1, 0.15) is 11.5 Å². The lowest BCUT2D eigenvalue weighted by Crippen LogP contribution is -2.60. The number of rotatable bonds is 9. The molecule has 49 heavy (non-hydrogen) atoms. The minimum absolute atomic E-state index is 0.401. The van der Waals surface area contributed by atoms with Gasteiger partial charge in [-0.25, -0.2) is 9.97 Å². The lowest BCUT2D eigenvalue weighted by Gasteiger charge is -2.63. The molecule has 2 aromatic carbocycles. The zero-order valence-electron chi connectivity index (χ0n) is 28.9. The molecule has 3 fully saturated rings. The van der Waals surface area contributed by atoms with Gasteiger partial charge in [-0.15, -0.1) is 0 Å². The molecule has 2 bridgehead atoms. The lowest BCUT2D eigenvalue weighted by atomic mass is 9.44. The third-order valence-electron chi connectivity index (χ3n) is 11.5. The van der Waals surface area contributed by atoms with Crippen molar-refractivity contribution in [1.29, 1.82) is 0 Å². The molecule has 4 atom stereocenters. The lowest BCUT2D eigenvalue weighted by molar-refractivity contribution is -0.141. The van der Waals surface area contributed by atoms with Crippen molar-refractivity contribution >= 4 is 0 Å². The third kappa shape index (κ3) is 5.90. The summed E-state index contributed by atoms with van der Waals surface area (Å²) in [6.07, 6.45) is 6.15. The minimum atomic E-state index is 0.401. The van der Waals surface area contributed by atoms with E-state index in [0.717, 1.165) is 68.4 Å². The van der Waals surface area contributed by atoms with Crippen LogP contribution in [0.2, 0.25) is 0 Å². The summed E-state index contributed by atoms with van der Waals surface area (Å²) in [5, 5.41) is 0. The minimum Gasteiger partial charge on any atom is -0.441 e. The molecule has 0 amide bonds. The molecule has 0 saturated heterocycles. The summed E-state index contributed by atoms with van der Waals surface area (Å²) in [6, 6.07) is 28.9. The molecule has 0 radical (unpaired) electrons. The quantitative estimate of drug-likeness (QED) is 0.154. The Labute approximate surface area is 288 Å². The first-order valence-electron chi connectivity index (χ1n) is 17.4. The van der Waals surface area contributed by atoms with E-state index in [1.54, 1.807) is 0 Å². The monoisotopic (exact) mass is 649 g/mol. The van der Waals surface area contributed by atoms with Gasteiger partial charge >= 0.3 is 0 Å². The maximum atomic E-state index is 6.31. The smallest absolute Gasteiger partial charge is 0.226 e. The van der Waals surface area contributed by atoms with E-state index in [4.69, 9.17) is 18.8 Å². The average molecular weight is 650 g/mol. The summed E-state index contributed by atoms with van der Waals surface area (Å²) in [7, 11) is 0. The number of hydrogen-bond acceptors (Lipinski definition) is 7. The molecule has 3 aliphatic carbocycles. The summed E-state index contributed by atoms with van der Waals surface area (Å²) in [5.41, 5.74) is 8.30. The Kier molecular flexibility index (Phi) is 8.03. The second-order valence-electron chi connectivity index (χ2n) is 14.6. The molecule has 4 aromatic heterocycles. The van der Waals surface area contributed by atoms with Gasteiger partial charge in [-0.1, -0.05) is 57.2 Å². The highest BCUT2D eigenvalue weighted by Gasteiger charge is 2.57. The summed E-state index contributed by atoms with van der Waals surface area (Å²) in [4.78, 5) is 21.7. The molecule has 4 heterocycles. The molecule has 248 valence electrons. The van der Waals surface area contributed by atoms with E-state index in [1.807, 2.05) is 62.6 Å². The van der Waals surface area contributed by atoms with Gasteiger partial charge in [0.25, 0.3) is 0 Å². The van der Waals surface area contributed by atoms with E-state index >= 15 is 0 Å². The summed E-state index contributed by atoms with van der Waals surface area (Å²) in [5.74, 6) is 5.03. The number of oxazole rings is 2. The summed E-state index contributed by atoms with van der Waals surface area (Å²) in [6.45, 7) is 12.8. The van der Waals surface area contributed by atoms with Crippen molar-refractivity contribution < 1.29 is 8.83 Å². The maximum Gasteiger partial charge on any atom is 0.226 e. The number of fused-ring (bicyclic) bond motifs is 2. The number of pyridine rings is 2. The predicted molar refractivity (Wildman–Crippen MR) is 192 cm³/mol. The van der Waals surface area contributed by atoms with Crippen molar-refractivity contribution in [1.82, 2.24) is 24.8 Å². The zero-order chi connectivity index (χ0) is 33.7. The van der Waals surface area contributed by atoms with E-state index in [0.29, 0.717) is 42.2 Å². The fraction of sp³-hybridized carbons (Fsp3) is 0.333. The molecule has 0 spiro atoms. The SMILES string of the molecule is Cc1oc(-c2ccc(-c3ccccn3)cc2)nc1CN(Cc1nc(-c2ccc(-c3ccccn3)cc2)oc1C)C1C[C@@H]2C[C@H]([C@H]1C)C2(C)C. The largest absolute Gasteiger partial charge is 0.441 e. The first-order valence-corrected chi connectivity index (χ1v) is 17.4. The molecular formula is C42H43N5O2. The van der Waals surface area contributed by atoms with Gasteiger partial charge in [0.05, 0.1) is 22.8 Å². The second kappa shape index (κ2) is 12.5. The zero-order valence-corrected chi connectivity index (χ0v) is 28.9. The van der Waals surface area contributed by atoms with Crippen LogP contribution in [0.25, 0.3) is 45.4 Å². The fourth-order valence-corrected chi connectivity index (χ4v) is 8.31. The Morgan fingerprint density at radius 2 is 1.12 bits per heavy atom. The molecule has 3 aliphatic rings. The molecule has 7 nitrogen and oxygen atoms in total. The van der Waals surface area contributed by atoms with Gasteiger partial charge in [-0.3, -0.25) is 14.9 Å². The Balaban J connectivity index is 1.06. The Morgan fingerprint density at radius 1 is 0.653 bits per heavy atom. The van der Waals surface area contributed by atoms with Gasteiger partial charge in [0.15, 0.2) is 0 Å². The number of nitrogens with zero attached hydrogens (tertiary/aromatic N) is 5. The van der Waals surface area contributed by atoms with E-state index in [9.17, 15) is 0 Å². The van der Waals surface area contributed by atoms with Gasteiger partial charge in [-0.2, -0.15) is 0 Å². The maximum absolute atomic E-state index is 6.31. The van der Waals surface area contributed by atoms with Crippen LogP contribution in [0.1, 0.15) is 56.5 Å². The number of aryl methyl sites for hydroxylation is 2. The topological polar surface area (TPSA) is 81.1 Å². The average Bonchev–Trinajstić information content (AvgIpc) is 3.69. The Hall–Kier alpha value is -4.88. The van der Waals surface area contributed by atoms with Crippen molar-refractivity contribution in [2.24, 2.45) is 23.2 Å². The van der Waals surface area contributed by atoms with Crippen LogP contribution in [0.4, 0.5) is 0 Å². The van der Waals surface area contributed by atoms with Crippen LogP contribution in [0.15, 0.2) is 106 Å². The number of benzene rings is 2. The van der Waals surface area contributed by atoms with E-state index in [-0.39, 0.29) is 0 Å². The molecule has 9 rings (SSSR count). The van der Waals surface area contributed by atoms with Gasteiger partial charge in [-0.05, 0) is 98.4 Å². The van der Waals surface area contributed by atoms with Crippen LogP contribution in [0.3, 0.4) is 0 Å². The van der Waals surface area contributed by atoms with Gasteiger partial charge < -0.3 is 8.83 Å². The van der Waals surface area contributed by atoms with Crippen molar-refractivity contribution in [2.75, 3.05) is 0 Å². The predicted octanol–water partition coefficient (Wildman–Crippen LogP) is 9.81. The van der Waals surface area contributed by atoms with E-state index < -0.39 is 0 Å². The normalized spacial score (nSPS) is 21.1. The highest BCUT2D eigenvalue weighted by atomic mass is 16.4. The van der Waals surface area contributed by atoms with Crippen molar-refractivity contribution in [3.63, 3.8) is 0 Å². The van der Waals surface area contributed by atoms with Crippen LogP contribution in [0, 0.1) is 37.0 Å². The molecule has 3 saturated carbocycles. The fourth-order valence-electron chi connectivity index (χ4n) is 8.31. The van der Waals surface area contributed by atoms with Crippen LogP contribution < -0.4 is 0 Å². The molecule has 1 unspecified atom stereocenters. The molecular weight excluding hydrogens is 606 g/mol.